The Morgan fingerprint density at radius 2 is 1.63 bits per heavy atom. The predicted octanol–water partition coefficient (Wildman–Crippen LogP) is 5.31. The maximum Gasteiger partial charge on any atom is 0.262 e. The van der Waals surface area contributed by atoms with E-state index in [0.29, 0.717) is 0 Å². The Balaban J connectivity index is 1.90. The van der Waals surface area contributed by atoms with Crippen molar-refractivity contribution in [3.05, 3.63) is 65.2 Å². The fourth-order valence-corrected chi connectivity index (χ4v) is 3.85. The summed E-state index contributed by atoms with van der Waals surface area (Å²) in [6.45, 7) is 4.44. The summed E-state index contributed by atoms with van der Waals surface area (Å²) in [6.07, 6.45) is 8.26. The fourth-order valence-electron chi connectivity index (χ4n) is 2.99. The molecule has 0 aromatic heterocycles. The van der Waals surface area contributed by atoms with Crippen LogP contribution in [-0.4, -0.2) is 8.42 Å². The fraction of sp³-hybridized carbons (Fsp3) is 0.455. The van der Waals surface area contributed by atoms with E-state index in [4.69, 9.17) is 4.84 Å². The van der Waals surface area contributed by atoms with Gasteiger partial charge in [0.15, 0.2) is 0 Å². The molecule has 0 heterocycles. The Morgan fingerprint density at radius 3 is 2.37 bits per heavy atom. The SMILES string of the molecule is CCCCCCCCc1cc(S(=O)(=O)NOCc2ccccc2)ccc1C. The van der Waals surface area contributed by atoms with Gasteiger partial charge in [-0.05, 0) is 48.6 Å². The number of hydrogen-bond donors (Lipinski definition) is 1. The second-order valence-corrected chi connectivity index (χ2v) is 8.61. The van der Waals surface area contributed by atoms with Crippen LogP contribution in [0.3, 0.4) is 0 Å². The summed E-state index contributed by atoms with van der Waals surface area (Å²) in [7, 11) is -3.68. The van der Waals surface area contributed by atoms with Gasteiger partial charge in [0.2, 0.25) is 0 Å². The van der Waals surface area contributed by atoms with Crippen LogP contribution < -0.4 is 4.89 Å². The number of sulfonamides is 1. The Kier molecular flexibility index (Phi) is 8.98. The topological polar surface area (TPSA) is 55.4 Å². The summed E-state index contributed by atoms with van der Waals surface area (Å²) < 4.78 is 25.0. The lowest BCUT2D eigenvalue weighted by Crippen LogP contribution is -2.24. The predicted molar refractivity (Wildman–Crippen MR) is 110 cm³/mol. The molecule has 0 saturated carbocycles. The summed E-state index contributed by atoms with van der Waals surface area (Å²) in [4.78, 5) is 7.69. The van der Waals surface area contributed by atoms with E-state index in [1.807, 2.05) is 43.3 Å². The zero-order valence-electron chi connectivity index (χ0n) is 16.4. The number of benzene rings is 2. The molecular formula is C22H31NO3S. The third-order valence-corrected chi connectivity index (χ3v) is 5.89. The molecule has 27 heavy (non-hydrogen) atoms. The first-order chi connectivity index (χ1) is 13.0. The van der Waals surface area contributed by atoms with Gasteiger partial charge in [-0.25, -0.2) is 8.42 Å². The second-order valence-electron chi connectivity index (χ2n) is 6.97. The van der Waals surface area contributed by atoms with Crippen LogP contribution >= 0.6 is 0 Å². The van der Waals surface area contributed by atoms with Gasteiger partial charge in [0, 0.05) is 0 Å². The molecule has 4 nitrogen and oxygen atoms in total. The molecule has 0 unspecified atom stereocenters. The van der Waals surface area contributed by atoms with Crippen LogP contribution in [0, 0.1) is 6.92 Å². The Labute approximate surface area is 164 Å². The van der Waals surface area contributed by atoms with Crippen LogP contribution in [0.1, 0.15) is 62.1 Å². The van der Waals surface area contributed by atoms with Gasteiger partial charge in [0.25, 0.3) is 10.0 Å². The highest BCUT2D eigenvalue weighted by molar-refractivity contribution is 7.89. The van der Waals surface area contributed by atoms with Crippen molar-refractivity contribution in [1.29, 1.82) is 0 Å². The van der Waals surface area contributed by atoms with E-state index in [-0.39, 0.29) is 11.5 Å². The molecule has 0 aliphatic heterocycles. The standard InChI is InChI=1S/C22H31NO3S/c1-3-4-5-6-7-11-14-21-17-22(16-15-19(21)2)27(24,25)23-26-18-20-12-9-8-10-13-20/h8-10,12-13,15-17,23H,3-7,11,14,18H2,1-2H3. The molecule has 0 atom stereocenters. The minimum Gasteiger partial charge on any atom is -0.282 e. The molecule has 0 aliphatic rings. The van der Waals surface area contributed by atoms with Crippen molar-refractivity contribution < 1.29 is 13.3 Å². The molecule has 0 amide bonds. The second kappa shape index (κ2) is 11.2. The van der Waals surface area contributed by atoms with Crippen molar-refractivity contribution in [3.63, 3.8) is 0 Å². The molecular weight excluding hydrogens is 358 g/mol. The molecule has 1 N–H and O–H groups in total. The van der Waals surface area contributed by atoms with E-state index in [2.05, 4.69) is 11.8 Å². The van der Waals surface area contributed by atoms with Gasteiger partial charge in [-0.1, -0.05) is 80.3 Å². The number of nitrogens with one attached hydrogen (secondary N) is 1. The van der Waals surface area contributed by atoms with Gasteiger partial charge in [-0.15, -0.1) is 0 Å². The van der Waals surface area contributed by atoms with Gasteiger partial charge in [-0.2, -0.15) is 0 Å². The molecule has 2 aromatic rings. The first-order valence-electron chi connectivity index (χ1n) is 9.80. The largest absolute Gasteiger partial charge is 0.282 e. The Morgan fingerprint density at radius 1 is 0.926 bits per heavy atom. The molecule has 0 radical (unpaired) electrons. The lowest BCUT2D eigenvalue weighted by molar-refractivity contribution is 0.0795. The number of unbranched alkanes of at least 4 members (excludes halogenated alkanes) is 5. The highest BCUT2D eigenvalue weighted by Crippen LogP contribution is 2.19. The molecule has 2 aromatic carbocycles. The summed E-state index contributed by atoms with van der Waals surface area (Å²) in [6, 6.07) is 14.7. The normalized spacial score (nSPS) is 11.6. The molecule has 5 heteroatoms. The summed E-state index contributed by atoms with van der Waals surface area (Å²) in [5.41, 5.74) is 3.14. The van der Waals surface area contributed by atoms with Gasteiger partial charge < -0.3 is 0 Å². The average molecular weight is 390 g/mol. The zero-order valence-corrected chi connectivity index (χ0v) is 17.2. The number of rotatable bonds is 12. The van der Waals surface area contributed by atoms with Gasteiger partial charge in [-0.3, -0.25) is 4.84 Å². The molecule has 2 rings (SSSR count). The maximum absolute atomic E-state index is 12.5. The van der Waals surface area contributed by atoms with Crippen LogP contribution in [0.4, 0.5) is 0 Å². The van der Waals surface area contributed by atoms with E-state index in [1.54, 1.807) is 12.1 Å². The molecule has 148 valence electrons. The lowest BCUT2D eigenvalue weighted by atomic mass is 10.0. The van der Waals surface area contributed by atoms with Crippen molar-refractivity contribution in [2.45, 2.75) is 70.3 Å². The summed E-state index contributed by atoms with van der Waals surface area (Å²) >= 11 is 0. The first-order valence-corrected chi connectivity index (χ1v) is 11.3. The van der Waals surface area contributed by atoms with Crippen LogP contribution in [0.2, 0.25) is 0 Å². The third-order valence-electron chi connectivity index (χ3n) is 4.68. The molecule has 0 spiro atoms. The quantitative estimate of drug-likeness (QED) is 0.395. The molecule has 0 saturated heterocycles. The van der Waals surface area contributed by atoms with Gasteiger partial charge in [0.1, 0.15) is 0 Å². The van der Waals surface area contributed by atoms with Crippen LogP contribution in [0.5, 0.6) is 0 Å². The maximum atomic E-state index is 12.5. The van der Waals surface area contributed by atoms with Crippen LogP contribution in [0.25, 0.3) is 0 Å². The molecule has 0 aliphatic carbocycles. The third kappa shape index (κ3) is 7.45. The minimum absolute atomic E-state index is 0.191. The van der Waals surface area contributed by atoms with Crippen LogP contribution in [-0.2, 0) is 27.9 Å². The highest BCUT2D eigenvalue weighted by Gasteiger charge is 2.15. The van der Waals surface area contributed by atoms with Crippen molar-refractivity contribution in [2.75, 3.05) is 0 Å². The number of aryl methyl sites for hydroxylation is 2. The smallest absolute Gasteiger partial charge is 0.262 e. The Bertz CT molecular complexity index is 788. The average Bonchev–Trinajstić information content (AvgIpc) is 2.66. The number of hydrogen-bond acceptors (Lipinski definition) is 3. The van der Waals surface area contributed by atoms with Crippen molar-refractivity contribution in [1.82, 2.24) is 4.89 Å². The molecule has 0 bridgehead atoms. The minimum atomic E-state index is -3.68. The van der Waals surface area contributed by atoms with E-state index in [9.17, 15) is 8.42 Å². The van der Waals surface area contributed by atoms with Gasteiger partial charge >= 0.3 is 0 Å². The Hall–Kier alpha value is -1.69. The van der Waals surface area contributed by atoms with Crippen molar-refractivity contribution in [2.24, 2.45) is 0 Å². The highest BCUT2D eigenvalue weighted by atomic mass is 32.2. The van der Waals surface area contributed by atoms with Crippen LogP contribution in [0.15, 0.2) is 53.4 Å². The zero-order chi connectivity index (χ0) is 19.5. The summed E-state index contributed by atoms with van der Waals surface area (Å²) in [5.74, 6) is 0. The molecule has 0 fully saturated rings. The van der Waals surface area contributed by atoms with Crippen molar-refractivity contribution >= 4 is 10.0 Å². The van der Waals surface area contributed by atoms with Gasteiger partial charge in [0.05, 0.1) is 11.5 Å². The first kappa shape index (κ1) is 21.6. The summed E-state index contributed by atoms with van der Waals surface area (Å²) in [5, 5.41) is 0. The monoisotopic (exact) mass is 389 g/mol. The van der Waals surface area contributed by atoms with E-state index < -0.39 is 10.0 Å². The van der Waals surface area contributed by atoms with E-state index in [1.165, 1.54) is 32.1 Å². The van der Waals surface area contributed by atoms with E-state index in [0.717, 1.165) is 29.5 Å². The lowest BCUT2D eigenvalue weighted by Gasteiger charge is -2.11. The van der Waals surface area contributed by atoms with E-state index >= 15 is 0 Å². The van der Waals surface area contributed by atoms with Crippen molar-refractivity contribution in [3.8, 4) is 0 Å².